The zero-order valence-electron chi connectivity index (χ0n) is 17.1. The van der Waals surface area contributed by atoms with Crippen LogP contribution >= 0.6 is 11.6 Å². The molecule has 164 valence electrons. The Morgan fingerprint density at radius 1 is 1.13 bits per heavy atom. The molecule has 0 aliphatic carbocycles. The van der Waals surface area contributed by atoms with Crippen molar-refractivity contribution in [2.75, 3.05) is 27.3 Å². The van der Waals surface area contributed by atoms with Crippen LogP contribution in [0.5, 0.6) is 11.5 Å². The molecule has 2 heterocycles. The Morgan fingerprint density at radius 2 is 1.94 bits per heavy atom. The van der Waals surface area contributed by atoms with E-state index < -0.39 is 10.0 Å². The largest absolute Gasteiger partial charge is 0.493 e. The van der Waals surface area contributed by atoms with Crippen LogP contribution in [0.4, 0.5) is 0 Å². The Labute approximate surface area is 185 Å². The van der Waals surface area contributed by atoms with E-state index in [1.54, 1.807) is 44.6 Å². The Morgan fingerprint density at radius 3 is 2.68 bits per heavy atom. The van der Waals surface area contributed by atoms with Crippen molar-refractivity contribution in [3.63, 3.8) is 0 Å². The average Bonchev–Trinajstić information content (AvgIpc) is 3.29. The third-order valence-corrected chi connectivity index (χ3v) is 7.35. The van der Waals surface area contributed by atoms with Gasteiger partial charge in [-0.25, -0.2) is 8.42 Å². The number of nitrogens with zero attached hydrogens (tertiary/aromatic N) is 3. The van der Waals surface area contributed by atoms with Crippen molar-refractivity contribution in [1.29, 1.82) is 0 Å². The van der Waals surface area contributed by atoms with Gasteiger partial charge in [-0.15, -0.1) is 0 Å². The van der Waals surface area contributed by atoms with Crippen LogP contribution in [0, 0.1) is 0 Å². The van der Waals surface area contributed by atoms with Crippen LogP contribution in [0.15, 0.2) is 51.9 Å². The lowest BCUT2D eigenvalue weighted by Gasteiger charge is -2.30. The summed E-state index contributed by atoms with van der Waals surface area (Å²) < 4.78 is 43.6. The summed E-state index contributed by atoms with van der Waals surface area (Å²) in [5.41, 5.74) is 0.715. The van der Waals surface area contributed by atoms with Crippen molar-refractivity contribution in [3.8, 4) is 22.9 Å². The number of aromatic nitrogens is 2. The molecule has 2 aromatic carbocycles. The SMILES string of the molecule is COc1ccc(-c2noc([C@@H]3CCCN(S(=O)(=O)c4cccc(Cl)c4)C3)n2)cc1OC. The monoisotopic (exact) mass is 463 g/mol. The third kappa shape index (κ3) is 4.39. The maximum atomic E-state index is 13.0. The van der Waals surface area contributed by atoms with Crippen LogP contribution in [0.2, 0.25) is 5.02 Å². The van der Waals surface area contributed by atoms with E-state index in [0.29, 0.717) is 46.8 Å². The van der Waals surface area contributed by atoms with Gasteiger partial charge in [-0.2, -0.15) is 9.29 Å². The fraction of sp³-hybridized carbons (Fsp3) is 0.333. The fourth-order valence-electron chi connectivity index (χ4n) is 3.63. The molecule has 3 aromatic rings. The van der Waals surface area contributed by atoms with Crippen molar-refractivity contribution in [3.05, 3.63) is 53.4 Å². The zero-order valence-corrected chi connectivity index (χ0v) is 18.7. The number of halogens is 1. The summed E-state index contributed by atoms with van der Waals surface area (Å²) >= 11 is 5.98. The van der Waals surface area contributed by atoms with E-state index in [4.69, 9.17) is 25.6 Å². The number of piperidine rings is 1. The van der Waals surface area contributed by atoms with Gasteiger partial charge in [0.1, 0.15) is 0 Å². The standard InChI is InChI=1S/C21H22ClN3O5S/c1-28-18-9-8-14(11-19(18)29-2)20-23-21(30-24-20)15-5-4-10-25(13-15)31(26,27)17-7-3-6-16(22)12-17/h3,6-9,11-12,15H,4-5,10,13H2,1-2H3/t15-/m1/s1. The normalized spacial score (nSPS) is 17.5. The van der Waals surface area contributed by atoms with E-state index >= 15 is 0 Å². The van der Waals surface area contributed by atoms with Crippen LogP contribution in [-0.4, -0.2) is 50.2 Å². The molecule has 0 N–H and O–H groups in total. The van der Waals surface area contributed by atoms with E-state index in [0.717, 1.165) is 6.42 Å². The van der Waals surface area contributed by atoms with Gasteiger partial charge in [-0.05, 0) is 49.2 Å². The first-order chi connectivity index (χ1) is 14.9. The van der Waals surface area contributed by atoms with Crippen molar-refractivity contribution in [2.45, 2.75) is 23.7 Å². The summed E-state index contributed by atoms with van der Waals surface area (Å²) in [4.78, 5) is 4.70. The van der Waals surface area contributed by atoms with Crippen LogP contribution in [0.25, 0.3) is 11.4 Å². The van der Waals surface area contributed by atoms with Crippen molar-refractivity contribution in [1.82, 2.24) is 14.4 Å². The number of ether oxygens (including phenoxy) is 2. The molecule has 4 rings (SSSR count). The molecule has 1 aliphatic heterocycles. The highest BCUT2D eigenvalue weighted by molar-refractivity contribution is 7.89. The molecular weight excluding hydrogens is 442 g/mol. The van der Waals surface area contributed by atoms with Gasteiger partial charge >= 0.3 is 0 Å². The number of rotatable bonds is 6. The van der Waals surface area contributed by atoms with Gasteiger partial charge in [0, 0.05) is 23.7 Å². The van der Waals surface area contributed by atoms with Gasteiger partial charge < -0.3 is 14.0 Å². The topological polar surface area (TPSA) is 94.8 Å². The lowest BCUT2D eigenvalue weighted by molar-refractivity contribution is 0.265. The summed E-state index contributed by atoms with van der Waals surface area (Å²) in [5, 5.41) is 4.46. The average molecular weight is 464 g/mol. The molecule has 0 radical (unpaired) electrons. The van der Waals surface area contributed by atoms with Crippen molar-refractivity contribution in [2.24, 2.45) is 0 Å². The summed E-state index contributed by atoms with van der Waals surface area (Å²) in [6.45, 7) is 0.699. The summed E-state index contributed by atoms with van der Waals surface area (Å²) in [6, 6.07) is 11.6. The Kier molecular flexibility index (Phi) is 6.17. The molecule has 1 fully saturated rings. The summed E-state index contributed by atoms with van der Waals surface area (Å²) in [7, 11) is -0.537. The molecular formula is C21H22ClN3O5S. The van der Waals surface area contributed by atoms with Crippen LogP contribution in [0.1, 0.15) is 24.7 Å². The van der Waals surface area contributed by atoms with E-state index in [1.807, 2.05) is 6.07 Å². The first kappa shape index (κ1) is 21.6. The second-order valence-corrected chi connectivity index (χ2v) is 9.56. The molecule has 0 amide bonds. The third-order valence-electron chi connectivity index (χ3n) is 5.25. The van der Waals surface area contributed by atoms with Gasteiger partial charge in [0.05, 0.1) is 25.0 Å². The van der Waals surface area contributed by atoms with Crippen LogP contribution in [0.3, 0.4) is 0 Å². The van der Waals surface area contributed by atoms with E-state index in [1.165, 1.54) is 10.4 Å². The van der Waals surface area contributed by atoms with Crippen molar-refractivity contribution >= 4 is 21.6 Å². The highest BCUT2D eigenvalue weighted by Crippen LogP contribution is 2.34. The molecule has 10 heteroatoms. The number of hydrogen-bond donors (Lipinski definition) is 0. The molecule has 8 nitrogen and oxygen atoms in total. The predicted octanol–water partition coefficient (Wildman–Crippen LogP) is 3.98. The molecule has 0 bridgehead atoms. The quantitative estimate of drug-likeness (QED) is 0.545. The number of hydrogen-bond acceptors (Lipinski definition) is 7. The van der Waals surface area contributed by atoms with Gasteiger partial charge in [0.2, 0.25) is 21.7 Å². The number of sulfonamides is 1. The van der Waals surface area contributed by atoms with Gasteiger partial charge in [0.15, 0.2) is 11.5 Å². The number of methoxy groups -OCH3 is 2. The van der Waals surface area contributed by atoms with Gasteiger partial charge in [0.25, 0.3) is 0 Å². The lowest BCUT2D eigenvalue weighted by atomic mass is 10.00. The number of benzene rings is 2. The van der Waals surface area contributed by atoms with E-state index in [-0.39, 0.29) is 17.4 Å². The molecule has 0 unspecified atom stereocenters. The molecule has 1 saturated heterocycles. The minimum Gasteiger partial charge on any atom is -0.493 e. The first-order valence-corrected chi connectivity index (χ1v) is 11.6. The Balaban J connectivity index is 1.55. The molecule has 1 aliphatic rings. The van der Waals surface area contributed by atoms with E-state index in [2.05, 4.69) is 10.1 Å². The minimum absolute atomic E-state index is 0.178. The molecule has 1 atom stereocenters. The molecule has 31 heavy (non-hydrogen) atoms. The van der Waals surface area contributed by atoms with Crippen LogP contribution < -0.4 is 9.47 Å². The zero-order chi connectivity index (χ0) is 22.0. The highest BCUT2D eigenvalue weighted by atomic mass is 35.5. The second-order valence-electron chi connectivity index (χ2n) is 7.19. The fourth-order valence-corrected chi connectivity index (χ4v) is 5.46. The first-order valence-electron chi connectivity index (χ1n) is 9.74. The molecule has 1 aromatic heterocycles. The minimum atomic E-state index is -3.66. The lowest BCUT2D eigenvalue weighted by Crippen LogP contribution is -2.39. The maximum absolute atomic E-state index is 13.0. The Bertz CT molecular complexity index is 1180. The summed E-state index contributed by atoms with van der Waals surface area (Å²) in [6.07, 6.45) is 1.45. The van der Waals surface area contributed by atoms with E-state index in [9.17, 15) is 8.42 Å². The Hall–Kier alpha value is -2.62. The van der Waals surface area contributed by atoms with Crippen molar-refractivity contribution < 1.29 is 22.4 Å². The van der Waals surface area contributed by atoms with Gasteiger partial charge in [-0.3, -0.25) is 0 Å². The maximum Gasteiger partial charge on any atom is 0.243 e. The van der Waals surface area contributed by atoms with Gasteiger partial charge in [-0.1, -0.05) is 22.8 Å². The molecule has 0 spiro atoms. The smallest absolute Gasteiger partial charge is 0.243 e. The second kappa shape index (κ2) is 8.86. The van der Waals surface area contributed by atoms with Crippen LogP contribution in [-0.2, 0) is 10.0 Å². The summed E-state index contributed by atoms with van der Waals surface area (Å²) in [5.74, 6) is 1.79. The highest BCUT2D eigenvalue weighted by Gasteiger charge is 2.33. The molecule has 0 saturated carbocycles. The predicted molar refractivity (Wildman–Crippen MR) is 115 cm³/mol.